The van der Waals surface area contributed by atoms with Crippen LogP contribution in [0.3, 0.4) is 0 Å². The first-order valence-corrected chi connectivity index (χ1v) is 5.95. The highest BCUT2D eigenvalue weighted by Gasteiger charge is 2.07. The van der Waals surface area contributed by atoms with E-state index in [1.54, 1.807) is 24.3 Å². The number of halogens is 3. The molecule has 0 saturated carbocycles. The summed E-state index contributed by atoms with van der Waals surface area (Å²) in [5.41, 5.74) is 2.09. The minimum Gasteiger partial charge on any atom is -0.298 e. The first-order chi connectivity index (χ1) is 8.11. The molecule has 86 valence electrons. The molecule has 0 atom stereocenters. The number of hydrogen-bond acceptors (Lipinski definition) is 1. The summed E-state index contributed by atoms with van der Waals surface area (Å²) in [6.45, 7) is 0. The van der Waals surface area contributed by atoms with Gasteiger partial charge in [0.25, 0.3) is 0 Å². The van der Waals surface area contributed by atoms with Gasteiger partial charge in [0.05, 0.1) is 5.02 Å². The standard InChI is InChI=1S/C13H7Cl3O/c14-10-2-3-11(13(16)6-10)8-1-4-12(15)9(5-8)7-17/h1-7H. The number of aldehydes is 1. The van der Waals surface area contributed by atoms with Gasteiger partial charge in [0.2, 0.25) is 0 Å². The average Bonchev–Trinajstić information content (AvgIpc) is 2.30. The SMILES string of the molecule is O=Cc1cc(-c2ccc(Cl)cc2Cl)ccc1Cl. The van der Waals surface area contributed by atoms with Gasteiger partial charge in [0.15, 0.2) is 6.29 Å². The van der Waals surface area contributed by atoms with E-state index < -0.39 is 0 Å². The fraction of sp³-hybridized carbons (Fsp3) is 0. The van der Waals surface area contributed by atoms with Gasteiger partial charge in [-0.15, -0.1) is 0 Å². The second kappa shape index (κ2) is 5.09. The third-order valence-corrected chi connectivity index (χ3v) is 3.26. The first kappa shape index (κ1) is 12.4. The Labute approximate surface area is 114 Å². The molecule has 0 aliphatic rings. The van der Waals surface area contributed by atoms with Crippen LogP contribution in [0.4, 0.5) is 0 Å². The van der Waals surface area contributed by atoms with E-state index in [9.17, 15) is 4.79 Å². The second-order valence-corrected chi connectivity index (χ2v) is 4.73. The van der Waals surface area contributed by atoms with Crippen molar-refractivity contribution in [2.24, 2.45) is 0 Å². The minimum absolute atomic E-state index is 0.425. The summed E-state index contributed by atoms with van der Waals surface area (Å²) in [7, 11) is 0. The summed E-state index contributed by atoms with van der Waals surface area (Å²) >= 11 is 17.8. The molecule has 0 aliphatic carbocycles. The van der Waals surface area contributed by atoms with Crippen LogP contribution in [0, 0.1) is 0 Å². The molecule has 0 fully saturated rings. The van der Waals surface area contributed by atoms with E-state index in [1.165, 1.54) is 0 Å². The van der Waals surface area contributed by atoms with E-state index in [0.29, 0.717) is 20.6 Å². The summed E-state index contributed by atoms with van der Waals surface area (Å²) in [6, 6.07) is 10.4. The summed E-state index contributed by atoms with van der Waals surface area (Å²) in [6.07, 6.45) is 0.718. The van der Waals surface area contributed by atoms with E-state index in [-0.39, 0.29) is 0 Å². The molecule has 0 heterocycles. The Bertz CT molecular complexity index is 579. The highest BCUT2D eigenvalue weighted by atomic mass is 35.5. The van der Waals surface area contributed by atoms with Crippen LogP contribution in [0.25, 0.3) is 11.1 Å². The van der Waals surface area contributed by atoms with Gasteiger partial charge in [-0.25, -0.2) is 0 Å². The average molecular weight is 286 g/mol. The Morgan fingerprint density at radius 2 is 1.65 bits per heavy atom. The van der Waals surface area contributed by atoms with E-state index in [2.05, 4.69) is 0 Å². The number of carbonyl (C=O) groups excluding carboxylic acids is 1. The molecule has 0 unspecified atom stereocenters. The number of benzene rings is 2. The molecule has 0 amide bonds. The summed E-state index contributed by atoms with van der Waals surface area (Å²) in [5.74, 6) is 0. The predicted molar refractivity (Wildman–Crippen MR) is 72.3 cm³/mol. The highest BCUT2D eigenvalue weighted by Crippen LogP contribution is 2.31. The van der Waals surface area contributed by atoms with Crippen LogP contribution in [0.15, 0.2) is 36.4 Å². The molecule has 0 aliphatic heterocycles. The van der Waals surface area contributed by atoms with E-state index in [1.807, 2.05) is 12.1 Å². The topological polar surface area (TPSA) is 17.1 Å². The van der Waals surface area contributed by atoms with E-state index in [4.69, 9.17) is 34.8 Å². The molecule has 0 spiro atoms. The third-order valence-electron chi connectivity index (χ3n) is 2.37. The van der Waals surface area contributed by atoms with Crippen molar-refractivity contribution in [2.75, 3.05) is 0 Å². The molecule has 0 aromatic heterocycles. The quantitative estimate of drug-likeness (QED) is 0.699. The fourth-order valence-electron chi connectivity index (χ4n) is 1.53. The van der Waals surface area contributed by atoms with Crippen molar-refractivity contribution < 1.29 is 4.79 Å². The van der Waals surface area contributed by atoms with Crippen molar-refractivity contribution in [3.8, 4) is 11.1 Å². The van der Waals surface area contributed by atoms with Crippen molar-refractivity contribution in [3.05, 3.63) is 57.0 Å². The van der Waals surface area contributed by atoms with Gasteiger partial charge in [-0.05, 0) is 29.8 Å². The first-order valence-electron chi connectivity index (χ1n) is 4.82. The second-order valence-electron chi connectivity index (χ2n) is 3.48. The van der Waals surface area contributed by atoms with Gasteiger partial charge in [-0.3, -0.25) is 4.79 Å². The van der Waals surface area contributed by atoms with Crippen LogP contribution in [-0.2, 0) is 0 Å². The summed E-state index contributed by atoms with van der Waals surface area (Å²) in [4.78, 5) is 10.8. The molecular formula is C13H7Cl3O. The Balaban J connectivity index is 2.56. The van der Waals surface area contributed by atoms with Crippen LogP contribution < -0.4 is 0 Å². The molecule has 1 nitrogen and oxygen atoms in total. The minimum atomic E-state index is 0.425. The molecule has 0 saturated heterocycles. The van der Waals surface area contributed by atoms with Crippen LogP contribution in [0.5, 0.6) is 0 Å². The van der Waals surface area contributed by atoms with E-state index >= 15 is 0 Å². The highest BCUT2D eigenvalue weighted by molar-refractivity contribution is 6.36. The zero-order valence-electron chi connectivity index (χ0n) is 8.58. The normalized spacial score (nSPS) is 10.3. The lowest BCUT2D eigenvalue weighted by Gasteiger charge is -2.06. The molecule has 2 aromatic carbocycles. The molecule has 0 N–H and O–H groups in total. The maximum atomic E-state index is 10.8. The maximum absolute atomic E-state index is 10.8. The molecule has 4 heteroatoms. The Hall–Kier alpha value is -1.02. The van der Waals surface area contributed by atoms with Gasteiger partial charge in [0, 0.05) is 21.2 Å². The van der Waals surface area contributed by atoms with Crippen LogP contribution in [0.1, 0.15) is 10.4 Å². The Morgan fingerprint density at radius 3 is 2.29 bits per heavy atom. The lowest BCUT2D eigenvalue weighted by molar-refractivity contribution is 0.112. The monoisotopic (exact) mass is 284 g/mol. The zero-order valence-corrected chi connectivity index (χ0v) is 10.9. The lowest BCUT2D eigenvalue weighted by Crippen LogP contribution is -1.85. The van der Waals surface area contributed by atoms with Crippen LogP contribution in [-0.4, -0.2) is 6.29 Å². The Morgan fingerprint density at radius 1 is 0.882 bits per heavy atom. The molecular weight excluding hydrogens is 279 g/mol. The van der Waals surface area contributed by atoms with Crippen molar-refractivity contribution in [1.82, 2.24) is 0 Å². The van der Waals surface area contributed by atoms with Crippen LogP contribution in [0.2, 0.25) is 15.1 Å². The summed E-state index contributed by atoms with van der Waals surface area (Å²) < 4.78 is 0. The number of hydrogen-bond donors (Lipinski definition) is 0. The van der Waals surface area contributed by atoms with E-state index in [0.717, 1.165) is 17.4 Å². The van der Waals surface area contributed by atoms with Crippen LogP contribution >= 0.6 is 34.8 Å². The van der Waals surface area contributed by atoms with Crippen molar-refractivity contribution >= 4 is 41.1 Å². The smallest absolute Gasteiger partial charge is 0.151 e. The largest absolute Gasteiger partial charge is 0.298 e. The fourth-order valence-corrected chi connectivity index (χ4v) is 2.20. The number of rotatable bonds is 2. The zero-order chi connectivity index (χ0) is 12.4. The van der Waals surface area contributed by atoms with Crippen molar-refractivity contribution in [3.63, 3.8) is 0 Å². The van der Waals surface area contributed by atoms with Gasteiger partial charge in [0.1, 0.15) is 0 Å². The molecule has 0 radical (unpaired) electrons. The predicted octanol–water partition coefficient (Wildman–Crippen LogP) is 5.13. The number of carbonyl (C=O) groups is 1. The molecule has 17 heavy (non-hydrogen) atoms. The van der Waals surface area contributed by atoms with Crippen molar-refractivity contribution in [1.29, 1.82) is 0 Å². The van der Waals surface area contributed by atoms with Gasteiger partial charge in [-0.2, -0.15) is 0 Å². The lowest BCUT2D eigenvalue weighted by atomic mass is 10.0. The molecule has 2 rings (SSSR count). The Kier molecular flexibility index (Phi) is 3.72. The maximum Gasteiger partial charge on any atom is 0.151 e. The third kappa shape index (κ3) is 2.63. The molecule has 0 bridgehead atoms. The van der Waals surface area contributed by atoms with Gasteiger partial charge in [-0.1, -0.05) is 46.9 Å². The summed E-state index contributed by atoms with van der Waals surface area (Å²) in [5, 5.41) is 1.54. The van der Waals surface area contributed by atoms with Crippen molar-refractivity contribution in [2.45, 2.75) is 0 Å². The van der Waals surface area contributed by atoms with Gasteiger partial charge >= 0.3 is 0 Å². The molecule has 2 aromatic rings. The van der Waals surface area contributed by atoms with Gasteiger partial charge < -0.3 is 0 Å².